The number of nitrogens with one attached hydrogen (secondary N) is 2. The Morgan fingerprint density at radius 3 is 2.47 bits per heavy atom. The number of carbonyl (C=O) groups is 3. The fraction of sp³-hybridized carbons (Fsp3) is 0.419. The van der Waals surface area contributed by atoms with Gasteiger partial charge in [0.05, 0.1) is 27.4 Å². The molecule has 11 nitrogen and oxygen atoms in total. The number of hydrogen-bond donors (Lipinski definition) is 2. The van der Waals surface area contributed by atoms with Crippen LogP contribution in [-0.4, -0.2) is 50.9 Å². The number of rotatable bonds is 7. The van der Waals surface area contributed by atoms with E-state index in [0.717, 1.165) is 12.8 Å². The largest absolute Gasteiger partial charge is 0.347 e. The summed E-state index contributed by atoms with van der Waals surface area (Å²) < 4.78 is 2.90. The summed E-state index contributed by atoms with van der Waals surface area (Å²) in [5, 5.41) is 15.3. The van der Waals surface area contributed by atoms with Crippen LogP contribution in [0.5, 0.6) is 0 Å². The van der Waals surface area contributed by atoms with Crippen molar-refractivity contribution in [1.29, 1.82) is 5.26 Å². The minimum absolute atomic E-state index is 0.154. The molecule has 1 aromatic heterocycles. The first kappa shape index (κ1) is 30.0. The quantitative estimate of drug-likeness (QED) is 0.423. The van der Waals surface area contributed by atoms with Gasteiger partial charge in [-0.15, -0.1) is 0 Å². The lowest BCUT2D eigenvalue weighted by Gasteiger charge is -2.37. The van der Waals surface area contributed by atoms with Gasteiger partial charge in [0.2, 0.25) is 11.8 Å². The summed E-state index contributed by atoms with van der Waals surface area (Å²) >= 11 is 6.09. The Bertz CT molecular complexity index is 1780. The van der Waals surface area contributed by atoms with Gasteiger partial charge in [-0.2, -0.15) is 5.26 Å². The molecule has 0 spiro atoms. The summed E-state index contributed by atoms with van der Waals surface area (Å²) in [5.74, 6) is -1.34. The Morgan fingerprint density at radius 2 is 1.84 bits per heavy atom. The van der Waals surface area contributed by atoms with Gasteiger partial charge < -0.3 is 15.5 Å². The lowest BCUT2D eigenvalue weighted by atomic mass is 9.92. The van der Waals surface area contributed by atoms with Crippen molar-refractivity contribution >= 4 is 45.9 Å². The third kappa shape index (κ3) is 6.34. The van der Waals surface area contributed by atoms with E-state index in [1.54, 1.807) is 22.8 Å². The van der Waals surface area contributed by atoms with E-state index in [9.17, 15) is 24.0 Å². The number of halogens is 1. The molecule has 224 valence electrons. The molecule has 2 unspecified atom stereocenters. The molecule has 43 heavy (non-hydrogen) atoms. The van der Waals surface area contributed by atoms with E-state index >= 15 is 0 Å². The SMILES string of the molecule is CC(=O)N1CC(NC(=O)c2ccc(C#N)c(Cl)c2)CC(C(=O)Nc2ccc3c(c2)c(=O)n(CC2CC2)c(=O)n3C(C)C)C1. The molecule has 0 radical (unpaired) electrons. The molecule has 12 heteroatoms. The molecule has 2 aromatic carbocycles. The van der Waals surface area contributed by atoms with E-state index in [-0.39, 0.29) is 64.8 Å². The molecule has 3 aromatic rings. The number of nitrogens with zero attached hydrogens (tertiary/aromatic N) is 4. The summed E-state index contributed by atoms with van der Waals surface area (Å²) in [6.45, 7) is 5.96. The number of carbonyl (C=O) groups excluding carboxylic acids is 3. The zero-order valence-electron chi connectivity index (χ0n) is 24.2. The maximum atomic E-state index is 13.5. The van der Waals surface area contributed by atoms with Crippen molar-refractivity contribution in [2.45, 2.75) is 58.7 Å². The molecule has 2 fully saturated rings. The van der Waals surface area contributed by atoms with Crippen LogP contribution < -0.4 is 21.9 Å². The molecule has 0 bridgehead atoms. The van der Waals surface area contributed by atoms with Crippen molar-refractivity contribution in [2.75, 3.05) is 18.4 Å². The van der Waals surface area contributed by atoms with E-state index in [1.807, 2.05) is 19.9 Å². The van der Waals surface area contributed by atoms with Crippen LogP contribution in [0.25, 0.3) is 10.9 Å². The minimum Gasteiger partial charge on any atom is -0.347 e. The van der Waals surface area contributed by atoms with Crippen LogP contribution in [0.15, 0.2) is 46.0 Å². The Hall–Kier alpha value is -4.43. The van der Waals surface area contributed by atoms with Crippen LogP contribution >= 0.6 is 11.6 Å². The Balaban J connectivity index is 1.37. The Kier molecular flexibility index (Phi) is 8.42. The second kappa shape index (κ2) is 12.1. The highest BCUT2D eigenvalue weighted by molar-refractivity contribution is 6.32. The van der Waals surface area contributed by atoms with Gasteiger partial charge in [-0.3, -0.25) is 28.3 Å². The van der Waals surface area contributed by atoms with E-state index in [1.165, 1.54) is 34.6 Å². The number of nitriles is 1. The smallest absolute Gasteiger partial charge is 0.331 e. The van der Waals surface area contributed by atoms with Gasteiger partial charge in [0.1, 0.15) is 6.07 Å². The third-order valence-electron chi connectivity index (χ3n) is 8.04. The number of fused-ring (bicyclic) bond motifs is 1. The second-order valence-corrected chi connectivity index (χ2v) is 12.1. The van der Waals surface area contributed by atoms with Gasteiger partial charge in [0.15, 0.2) is 0 Å². The van der Waals surface area contributed by atoms with Crippen molar-refractivity contribution in [3.63, 3.8) is 0 Å². The topological polar surface area (TPSA) is 146 Å². The lowest BCUT2D eigenvalue weighted by molar-refractivity contribution is -0.133. The number of benzene rings is 2. The summed E-state index contributed by atoms with van der Waals surface area (Å²) in [6.07, 6.45) is 2.26. The fourth-order valence-corrected chi connectivity index (χ4v) is 5.81. The van der Waals surface area contributed by atoms with E-state index in [4.69, 9.17) is 16.9 Å². The van der Waals surface area contributed by atoms with Crippen molar-refractivity contribution in [2.24, 2.45) is 11.8 Å². The van der Waals surface area contributed by atoms with Gasteiger partial charge in [-0.05, 0) is 75.4 Å². The maximum absolute atomic E-state index is 13.5. The molecule has 2 atom stereocenters. The maximum Gasteiger partial charge on any atom is 0.331 e. The molecule has 1 aliphatic carbocycles. The number of anilines is 1. The summed E-state index contributed by atoms with van der Waals surface area (Å²) in [5.41, 5.74) is 0.687. The standard InChI is InChI=1S/C31H33ClN6O5/c1-17(2)38-27-9-8-23(12-25(27)30(42)37(31(38)43)14-19-4-5-19)34-29(41)22-10-24(16-36(15-22)18(3)39)35-28(40)20-6-7-21(13-33)26(32)11-20/h6-9,11-12,17,19,22,24H,4-5,10,14-16H2,1-3H3,(H,34,41)(H,35,40). The molecular weight excluding hydrogens is 572 g/mol. The zero-order chi connectivity index (χ0) is 31.0. The van der Waals surface area contributed by atoms with Crippen molar-refractivity contribution in [3.05, 3.63) is 73.4 Å². The molecule has 1 saturated heterocycles. The van der Waals surface area contributed by atoms with Gasteiger partial charge in [0, 0.05) is 49.9 Å². The first-order valence-corrected chi connectivity index (χ1v) is 14.7. The van der Waals surface area contributed by atoms with Crippen LogP contribution in [0.1, 0.15) is 62.0 Å². The lowest BCUT2D eigenvalue weighted by Crippen LogP contribution is -2.54. The van der Waals surface area contributed by atoms with Crippen LogP contribution in [0.4, 0.5) is 5.69 Å². The van der Waals surface area contributed by atoms with Gasteiger partial charge in [-0.1, -0.05) is 11.6 Å². The highest BCUT2D eigenvalue weighted by Crippen LogP contribution is 2.30. The number of aromatic nitrogens is 2. The second-order valence-electron chi connectivity index (χ2n) is 11.7. The van der Waals surface area contributed by atoms with Crippen LogP contribution in [0.3, 0.4) is 0 Å². The Labute approximate surface area is 253 Å². The zero-order valence-corrected chi connectivity index (χ0v) is 25.0. The first-order chi connectivity index (χ1) is 20.5. The predicted octanol–water partition coefficient (Wildman–Crippen LogP) is 3.28. The highest BCUT2D eigenvalue weighted by Gasteiger charge is 2.34. The van der Waals surface area contributed by atoms with E-state index in [2.05, 4.69) is 10.6 Å². The monoisotopic (exact) mass is 604 g/mol. The number of hydrogen-bond acceptors (Lipinski definition) is 6. The molecule has 2 heterocycles. The Morgan fingerprint density at radius 1 is 1.09 bits per heavy atom. The van der Waals surface area contributed by atoms with Gasteiger partial charge >= 0.3 is 5.69 Å². The van der Waals surface area contributed by atoms with Crippen molar-refractivity contribution < 1.29 is 14.4 Å². The third-order valence-corrected chi connectivity index (χ3v) is 8.36. The van der Waals surface area contributed by atoms with Crippen LogP contribution in [0, 0.1) is 23.2 Å². The van der Waals surface area contributed by atoms with Crippen molar-refractivity contribution in [1.82, 2.24) is 19.4 Å². The molecule has 3 amide bonds. The van der Waals surface area contributed by atoms with E-state index in [0.29, 0.717) is 29.1 Å². The average molecular weight is 605 g/mol. The molecule has 2 aliphatic rings. The van der Waals surface area contributed by atoms with Crippen molar-refractivity contribution in [3.8, 4) is 6.07 Å². The van der Waals surface area contributed by atoms with Crippen LogP contribution in [0.2, 0.25) is 5.02 Å². The molecular formula is C31H33ClN6O5. The minimum atomic E-state index is -0.639. The van der Waals surface area contributed by atoms with Crippen LogP contribution in [-0.2, 0) is 16.1 Å². The first-order valence-electron chi connectivity index (χ1n) is 14.3. The molecule has 5 rings (SSSR count). The summed E-state index contributed by atoms with van der Waals surface area (Å²) in [6, 6.07) is 10.5. The predicted molar refractivity (Wildman–Crippen MR) is 162 cm³/mol. The summed E-state index contributed by atoms with van der Waals surface area (Å²) in [7, 11) is 0. The average Bonchev–Trinajstić information content (AvgIpc) is 3.79. The number of amides is 3. The normalized spacial score (nSPS) is 18.4. The highest BCUT2D eigenvalue weighted by atomic mass is 35.5. The summed E-state index contributed by atoms with van der Waals surface area (Å²) in [4.78, 5) is 66.8. The molecule has 1 saturated carbocycles. The fourth-order valence-electron chi connectivity index (χ4n) is 5.59. The number of piperidine rings is 1. The van der Waals surface area contributed by atoms with Gasteiger partial charge in [0.25, 0.3) is 11.5 Å². The van der Waals surface area contributed by atoms with E-state index < -0.39 is 17.9 Å². The molecule has 2 N–H and O–H groups in total. The van der Waals surface area contributed by atoms with Gasteiger partial charge in [-0.25, -0.2) is 4.79 Å². The number of likely N-dealkylation sites (tertiary alicyclic amines) is 1. The molecule has 1 aliphatic heterocycles.